The molecule has 0 unspecified atom stereocenters. The molecule has 0 aromatic heterocycles. The average Bonchev–Trinajstić information content (AvgIpc) is 2.37. The highest BCUT2D eigenvalue weighted by Crippen LogP contribution is 2.22. The van der Waals surface area contributed by atoms with Gasteiger partial charge in [-0.3, -0.25) is 4.79 Å². The van der Waals surface area contributed by atoms with Gasteiger partial charge in [0.05, 0.1) is 12.1 Å². The Bertz CT molecular complexity index is 503. The van der Waals surface area contributed by atoms with Crippen LogP contribution in [0.3, 0.4) is 0 Å². The first kappa shape index (κ1) is 15.5. The van der Waals surface area contributed by atoms with Crippen molar-refractivity contribution in [1.82, 2.24) is 4.90 Å². The molecule has 7 heteroatoms. The van der Waals surface area contributed by atoms with Gasteiger partial charge in [0.1, 0.15) is 5.75 Å². The number of amidine groups is 1. The summed E-state index contributed by atoms with van der Waals surface area (Å²) in [7, 11) is 0. The molecule has 1 rings (SSSR count). The lowest BCUT2D eigenvalue weighted by Gasteiger charge is -2.26. The lowest BCUT2D eigenvalue weighted by molar-refractivity contribution is 0.0731. The third kappa shape index (κ3) is 3.98. The smallest absolute Gasteiger partial charge is 0.258 e. The van der Waals surface area contributed by atoms with E-state index in [1.165, 1.54) is 11.0 Å². The Morgan fingerprint density at radius 2 is 2.16 bits per heavy atom. The second-order valence-corrected chi connectivity index (χ2v) is 5.53. The first-order valence-corrected chi connectivity index (χ1v) is 6.70. The van der Waals surface area contributed by atoms with E-state index in [4.69, 9.17) is 10.9 Å². The van der Waals surface area contributed by atoms with Gasteiger partial charge >= 0.3 is 0 Å². The topological polar surface area (TPSA) is 99.1 Å². The summed E-state index contributed by atoms with van der Waals surface area (Å²) in [6, 6.07) is 4.62. The summed E-state index contributed by atoms with van der Waals surface area (Å²) in [6.45, 7) is 3.62. The van der Waals surface area contributed by atoms with Crippen LogP contribution in [0.2, 0.25) is 0 Å². The molecule has 0 spiro atoms. The number of halogens is 1. The van der Waals surface area contributed by atoms with Crippen LogP contribution in [0.25, 0.3) is 0 Å². The van der Waals surface area contributed by atoms with E-state index in [-0.39, 0.29) is 35.6 Å². The molecule has 0 aliphatic carbocycles. The number of hydrogen-bond donors (Lipinski definition) is 3. The van der Waals surface area contributed by atoms with E-state index in [0.717, 1.165) is 3.57 Å². The highest BCUT2D eigenvalue weighted by molar-refractivity contribution is 14.1. The molecule has 0 saturated heterocycles. The number of nitrogens with zero attached hydrogens (tertiary/aromatic N) is 2. The van der Waals surface area contributed by atoms with Crippen LogP contribution in [0.4, 0.5) is 0 Å². The Morgan fingerprint density at radius 3 is 2.68 bits per heavy atom. The quantitative estimate of drug-likeness (QED) is 0.244. The van der Waals surface area contributed by atoms with Crippen molar-refractivity contribution in [2.45, 2.75) is 19.9 Å². The number of phenolic OH excluding ortho intramolecular Hbond substituents is 1. The standard InChI is InChI=1S/C12H16IN3O3/c1-7(2)16(6-11(14)15-19)12(18)9-5-8(13)3-4-10(9)17/h3-5,7,17,19H,6H2,1-2H3,(H2,14,15). The number of carbonyl (C=O) groups excluding carboxylic acids is 1. The molecule has 1 aromatic carbocycles. The highest BCUT2D eigenvalue weighted by Gasteiger charge is 2.22. The zero-order valence-corrected chi connectivity index (χ0v) is 12.8. The molecule has 0 fully saturated rings. The van der Waals surface area contributed by atoms with Gasteiger partial charge in [0.2, 0.25) is 0 Å². The lowest BCUT2D eigenvalue weighted by atomic mass is 10.1. The fourth-order valence-electron chi connectivity index (χ4n) is 1.53. The number of nitrogens with two attached hydrogens (primary N) is 1. The molecule has 104 valence electrons. The number of phenols is 1. The fourth-order valence-corrected chi connectivity index (χ4v) is 2.02. The molecule has 0 aliphatic rings. The van der Waals surface area contributed by atoms with E-state index in [1.807, 2.05) is 13.8 Å². The van der Waals surface area contributed by atoms with Crippen LogP contribution in [-0.4, -0.2) is 39.5 Å². The molecule has 6 nitrogen and oxygen atoms in total. The first-order valence-electron chi connectivity index (χ1n) is 5.62. The molecular weight excluding hydrogens is 361 g/mol. The summed E-state index contributed by atoms with van der Waals surface area (Å²) in [6.07, 6.45) is 0. The van der Waals surface area contributed by atoms with Gasteiger partial charge in [-0.25, -0.2) is 0 Å². The van der Waals surface area contributed by atoms with Crippen LogP contribution in [0, 0.1) is 3.57 Å². The van der Waals surface area contributed by atoms with Crippen LogP contribution in [-0.2, 0) is 0 Å². The maximum absolute atomic E-state index is 12.4. The van der Waals surface area contributed by atoms with Gasteiger partial charge in [0.15, 0.2) is 5.84 Å². The molecule has 0 heterocycles. The molecule has 0 aliphatic heterocycles. The maximum atomic E-state index is 12.4. The number of carbonyl (C=O) groups is 1. The van der Waals surface area contributed by atoms with E-state index in [9.17, 15) is 9.90 Å². The highest BCUT2D eigenvalue weighted by atomic mass is 127. The SMILES string of the molecule is CC(C)N(C/C(N)=N/O)C(=O)c1cc(I)ccc1O. The summed E-state index contributed by atoms with van der Waals surface area (Å²) in [4.78, 5) is 13.8. The van der Waals surface area contributed by atoms with Crippen molar-refractivity contribution >= 4 is 34.3 Å². The van der Waals surface area contributed by atoms with E-state index >= 15 is 0 Å². The summed E-state index contributed by atoms with van der Waals surface area (Å²) in [5, 5.41) is 21.2. The van der Waals surface area contributed by atoms with E-state index < -0.39 is 0 Å². The number of oxime groups is 1. The molecule has 19 heavy (non-hydrogen) atoms. The van der Waals surface area contributed by atoms with Crippen molar-refractivity contribution in [3.63, 3.8) is 0 Å². The van der Waals surface area contributed by atoms with Crippen LogP contribution >= 0.6 is 22.6 Å². The minimum Gasteiger partial charge on any atom is -0.507 e. The minimum absolute atomic E-state index is 0.00207. The molecule has 0 radical (unpaired) electrons. The van der Waals surface area contributed by atoms with Crippen LogP contribution in [0.5, 0.6) is 5.75 Å². The van der Waals surface area contributed by atoms with Crippen LogP contribution in [0.15, 0.2) is 23.4 Å². The Morgan fingerprint density at radius 1 is 1.53 bits per heavy atom. The van der Waals surface area contributed by atoms with Crippen LogP contribution < -0.4 is 5.73 Å². The molecule has 0 atom stereocenters. The second-order valence-electron chi connectivity index (χ2n) is 4.28. The summed E-state index contributed by atoms with van der Waals surface area (Å²) in [5.74, 6) is -0.514. The van der Waals surface area contributed by atoms with Crippen LogP contribution in [0.1, 0.15) is 24.2 Å². The average molecular weight is 377 g/mol. The van der Waals surface area contributed by atoms with E-state index in [2.05, 4.69) is 27.7 Å². The Kier molecular flexibility index (Phi) is 5.40. The number of rotatable bonds is 4. The lowest BCUT2D eigenvalue weighted by Crippen LogP contribution is -2.42. The number of amides is 1. The molecule has 1 amide bonds. The summed E-state index contributed by atoms with van der Waals surface area (Å²) < 4.78 is 0.839. The van der Waals surface area contributed by atoms with Gasteiger partial charge < -0.3 is 20.9 Å². The number of hydrogen-bond acceptors (Lipinski definition) is 4. The van der Waals surface area contributed by atoms with Crippen molar-refractivity contribution in [2.24, 2.45) is 10.9 Å². The summed E-state index contributed by atoms with van der Waals surface area (Å²) in [5.41, 5.74) is 5.64. The minimum atomic E-state index is -0.363. The molecule has 4 N–H and O–H groups in total. The predicted octanol–water partition coefficient (Wildman–Crippen LogP) is 1.59. The molecule has 0 saturated carbocycles. The predicted molar refractivity (Wildman–Crippen MR) is 80.4 cm³/mol. The second kappa shape index (κ2) is 6.60. The molecule has 1 aromatic rings. The van der Waals surface area contributed by atoms with Gasteiger partial charge in [0, 0.05) is 9.61 Å². The Balaban J connectivity index is 3.09. The van der Waals surface area contributed by atoms with Crippen molar-refractivity contribution in [3.8, 4) is 5.75 Å². The molecular formula is C12H16IN3O3. The van der Waals surface area contributed by atoms with Gasteiger partial charge in [-0.2, -0.15) is 0 Å². The number of benzene rings is 1. The normalized spacial score (nSPS) is 11.7. The Hall–Kier alpha value is -1.51. The maximum Gasteiger partial charge on any atom is 0.258 e. The molecule has 0 bridgehead atoms. The van der Waals surface area contributed by atoms with Gasteiger partial charge in [0.25, 0.3) is 5.91 Å². The fraction of sp³-hybridized carbons (Fsp3) is 0.333. The monoisotopic (exact) mass is 377 g/mol. The van der Waals surface area contributed by atoms with Crippen molar-refractivity contribution in [3.05, 3.63) is 27.3 Å². The zero-order chi connectivity index (χ0) is 14.6. The van der Waals surface area contributed by atoms with Gasteiger partial charge in [-0.1, -0.05) is 5.16 Å². The Labute approximate surface area is 125 Å². The number of aromatic hydroxyl groups is 1. The van der Waals surface area contributed by atoms with Gasteiger partial charge in [-0.05, 0) is 54.6 Å². The first-order chi connectivity index (χ1) is 8.86. The third-order valence-corrected chi connectivity index (χ3v) is 3.20. The zero-order valence-electron chi connectivity index (χ0n) is 10.7. The van der Waals surface area contributed by atoms with E-state index in [1.54, 1.807) is 12.1 Å². The third-order valence-electron chi connectivity index (χ3n) is 2.53. The van der Waals surface area contributed by atoms with Gasteiger partial charge in [-0.15, -0.1) is 0 Å². The largest absolute Gasteiger partial charge is 0.507 e. The van der Waals surface area contributed by atoms with Crippen molar-refractivity contribution in [2.75, 3.05) is 6.54 Å². The van der Waals surface area contributed by atoms with E-state index in [0.29, 0.717) is 0 Å². The van der Waals surface area contributed by atoms with Crippen molar-refractivity contribution < 1.29 is 15.1 Å². The van der Waals surface area contributed by atoms with Crippen molar-refractivity contribution in [1.29, 1.82) is 0 Å². The summed E-state index contributed by atoms with van der Waals surface area (Å²) >= 11 is 2.06.